The highest BCUT2D eigenvalue weighted by Gasteiger charge is 2.29. The van der Waals surface area contributed by atoms with Crippen LogP contribution in [0.2, 0.25) is 0 Å². The number of benzene rings is 2. The molecule has 3 aromatic rings. The van der Waals surface area contributed by atoms with Gasteiger partial charge in [-0.3, -0.25) is 9.52 Å². The van der Waals surface area contributed by atoms with Gasteiger partial charge in [-0.05, 0) is 48.5 Å². The van der Waals surface area contributed by atoms with E-state index < -0.39 is 39.2 Å². The van der Waals surface area contributed by atoms with Crippen molar-refractivity contribution in [3.63, 3.8) is 0 Å². The van der Waals surface area contributed by atoms with Crippen LogP contribution in [0.3, 0.4) is 0 Å². The van der Waals surface area contributed by atoms with E-state index in [-0.39, 0.29) is 23.8 Å². The van der Waals surface area contributed by atoms with Gasteiger partial charge in [0.1, 0.15) is 23.8 Å². The lowest BCUT2D eigenvalue weighted by atomic mass is 10.1. The fourth-order valence-corrected chi connectivity index (χ4v) is 4.61. The number of halogens is 2. The first-order chi connectivity index (χ1) is 16.2. The highest BCUT2D eigenvalue weighted by molar-refractivity contribution is 7.92. The van der Waals surface area contributed by atoms with Gasteiger partial charge in [0, 0.05) is 43.6 Å². The number of rotatable bonds is 6. The van der Waals surface area contributed by atoms with Gasteiger partial charge in [-0.25, -0.2) is 27.2 Å². The second-order valence-electron chi connectivity index (χ2n) is 7.57. The Hall–Kier alpha value is -3.64. The van der Waals surface area contributed by atoms with Gasteiger partial charge >= 0.3 is 0 Å². The van der Waals surface area contributed by atoms with E-state index in [1.54, 1.807) is 12.1 Å². The van der Waals surface area contributed by atoms with Crippen molar-refractivity contribution in [1.82, 2.24) is 14.9 Å². The Kier molecular flexibility index (Phi) is 6.70. The summed E-state index contributed by atoms with van der Waals surface area (Å²) < 4.78 is 54.7. The molecule has 1 saturated heterocycles. The summed E-state index contributed by atoms with van der Waals surface area (Å²) in [7, 11) is -3.82. The van der Waals surface area contributed by atoms with Crippen LogP contribution >= 0.6 is 0 Å². The number of nitrogens with zero attached hydrogens (tertiary/aromatic N) is 4. The maximum atomic E-state index is 13.9. The standard InChI is InChI=1S/C22H21F2N5O4S/c23-15-1-6-19(24)18(13-15)21(30)22(31)29-11-9-28(10-12-29)16-2-4-17(5-3-16)34(32,33)27-20-7-8-25-14-26-20/h1-8,13-14,21,30H,9-12H2,(H,25,26,27). The molecule has 34 heavy (non-hydrogen) atoms. The Morgan fingerprint density at radius 3 is 2.38 bits per heavy atom. The summed E-state index contributed by atoms with van der Waals surface area (Å²) in [6.07, 6.45) is 0.861. The lowest BCUT2D eigenvalue weighted by Gasteiger charge is -2.37. The molecule has 1 amide bonds. The van der Waals surface area contributed by atoms with Crippen LogP contribution in [0.4, 0.5) is 20.3 Å². The SMILES string of the molecule is O=C(C(O)c1cc(F)ccc1F)N1CCN(c2ccc(S(=O)(=O)Nc3ccncn3)cc2)CC1. The van der Waals surface area contributed by atoms with Crippen LogP contribution in [0.15, 0.2) is 66.0 Å². The zero-order valence-corrected chi connectivity index (χ0v) is 18.6. The van der Waals surface area contributed by atoms with Crippen molar-refractivity contribution in [3.05, 3.63) is 78.3 Å². The molecule has 178 valence electrons. The molecule has 4 rings (SSSR count). The summed E-state index contributed by atoms with van der Waals surface area (Å²) in [5.74, 6) is -2.16. The molecule has 1 fully saturated rings. The summed E-state index contributed by atoms with van der Waals surface area (Å²) in [4.78, 5) is 23.6. The lowest BCUT2D eigenvalue weighted by Crippen LogP contribution is -2.50. The number of aromatic nitrogens is 2. The zero-order chi connectivity index (χ0) is 24.3. The minimum Gasteiger partial charge on any atom is -0.378 e. The average Bonchev–Trinajstić information content (AvgIpc) is 2.85. The molecule has 1 aliphatic heterocycles. The number of amides is 1. The average molecular weight is 490 g/mol. The van der Waals surface area contributed by atoms with Crippen molar-refractivity contribution in [2.75, 3.05) is 35.8 Å². The van der Waals surface area contributed by atoms with Gasteiger partial charge in [-0.1, -0.05) is 0 Å². The molecule has 2 N–H and O–H groups in total. The van der Waals surface area contributed by atoms with Crippen molar-refractivity contribution >= 4 is 27.4 Å². The van der Waals surface area contributed by atoms with E-state index in [1.165, 1.54) is 35.6 Å². The number of sulfonamides is 1. The number of hydrogen-bond donors (Lipinski definition) is 2. The van der Waals surface area contributed by atoms with E-state index in [0.717, 1.165) is 23.9 Å². The second-order valence-corrected chi connectivity index (χ2v) is 9.26. The summed E-state index contributed by atoms with van der Waals surface area (Å²) in [6, 6.07) is 10.3. The van der Waals surface area contributed by atoms with E-state index in [9.17, 15) is 27.1 Å². The zero-order valence-electron chi connectivity index (χ0n) is 17.8. The van der Waals surface area contributed by atoms with Crippen LogP contribution in [0, 0.1) is 11.6 Å². The Morgan fingerprint density at radius 2 is 1.74 bits per heavy atom. The van der Waals surface area contributed by atoms with Crippen molar-refractivity contribution in [3.8, 4) is 0 Å². The molecule has 12 heteroatoms. The van der Waals surface area contributed by atoms with Crippen LogP contribution in [-0.2, 0) is 14.8 Å². The van der Waals surface area contributed by atoms with Crippen molar-refractivity contribution in [2.45, 2.75) is 11.0 Å². The minimum absolute atomic E-state index is 0.0592. The fraction of sp³-hybridized carbons (Fsp3) is 0.227. The van der Waals surface area contributed by atoms with Crippen LogP contribution in [0.1, 0.15) is 11.7 Å². The molecule has 9 nitrogen and oxygen atoms in total. The van der Waals surface area contributed by atoms with Crippen LogP contribution < -0.4 is 9.62 Å². The minimum atomic E-state index is -3.82. The van der Waals surface area contributed by atoms with Gasteiger partial charge in [0.05, 0.1) is 4.90 Å². The number of hydrogen-bond acceptors (Lipinski definition) is 7. The molecule has 1 aromatic heterocycles. The Balaban J connectivity index is 1.37. The summed E-state index contributed by atoms with van der Waals surface area (Å²) in [6.45, 7) is 1.33. The smallest absolute Gasteiger partial charge is 0.263 e. The molecular weight excluding hydrogens is 468 g/mol. The van der Waals surface area contributed by atoms with Gasteiger partial charge in [-0.15, -0.1) is 0 Å². The molecule has 0 aliphatic carbocycles. The van der Waals surface area contributed by atoms with Gasteiger partial charge in [0.25, 0.3) is 15.9 Å². The molecule has 0 saturated carbocycles. The molecule has 0 bridgehead atoms. The fourth-order valence-electron chi connectivity index (χ4n) is 3.60. The molecular formula is C22H21F2N5O4S. The predicted molar refractivity (Wildman–Crippen MR) is 119 cm³/mol. The normalized spacial score (nSPS) is 15.1. The van der Waals surface area contributed by atoms with Crippen molar-refractivity contribution in [1.29, 1.82) is 0 Å². The quantitative estimate of drug-likeness (QED) is 0.544. The highest BCUT2D eigenvalue weighted by Crippen LogP contribution is 2.24. The van der Waals surface area contributed by atoms with Gasteiger partial charge in [0.2, 0.25) is 0 Å². The summed E-state index contributed by atoms with van der Waals surface area (Å²) in [5.41, 5.74) is 0.351. The third-order valence-corrected chi connectivity index (χ3v) is 6.78. The van der Waals surface area contributed by atoms with Gasteiger partial charge in [0.15, 0.2) is 6.10 Å². The molecule has 2 aromatic carbocycles. The highest BCUT2D eigenvalue weighted by atomic mass is 32.2. The van der Waals surface area contributed by atoms with Crippen LogP contribution in [-0.4, -0.2) is 60.5 Å². The number of anilines is 2. The van der Waals surface area contributed by atoms with Crippen LogP contribution in [0.25, 0.3) is 0 Å². The number of nitrogens with one attached hydrogen (secondary N) is 1. The maximum Gasteiger partial charge on any atom is 0.263 e. The topological polar surface area (TPSA) is 116 Å². The number of aliphatic hydroxyl groups excluding tert-OH is 1. The van der Waals surface area contributed by atoms with Gasteiger partial charge < -0.3 is 14.9 Å². The molecule has 1 unspecified atom stereocenters. The predicted octanol–water partition coefficient (Wildman–Crippen LogP) is 1.94. The van der Waals surface area contributed by atoms with E-state index in [0.29, 0.717) is 13.1 Å². The summed E-state index contributed by atoms with van der Waals surface area (Å²) in [5, 5.41) is 10.3. The number of piperazine rings is 1. The van der Waals surface area contributed by atoms with Crippen LogP contribution in [0.5, 0.6) is 0 Å². The molecule has 1 aliphatic rings. The van der Waals surface area contributed by atoms with Crippen molar-refractivity contribution in [2.24, 2.45) is 0 Å². The Morgan fingerprint density at radius 1 is 1.03 bits per heavy atom. The van der Waals surface area contributed by atoms with Gasteiger partial charge in [-0.2, -0.15) is 0 Å². The third kappa shape index (κ3) is 5.13. The van der Waals surface area contributed by atoms with Crippen molar-refractivity contribution < 1.29 is 27.1 Å². The monoisotopic (exact) mass is 489 g/mol. The summed E-state index contributed by atoms with van der Waals surface area (Å²) >= 11 is 0. The van der Waals surface area contributed by atoms with E-state index >= 15 is 0 Å². The Bertz CT molecular complexity index is 1270. The van der Waals surface area contributed by atoms with E-state index in [1.807, 2.05) is 4.90 Å². The molecule has 0 spiro atoms. The molecule has 1 atom stereocenters. The maximum absolute atomic E-state index is 13.9. The van der Waals surface area contributed by atoms with E-state index in [4.69, 9.17) is 0 Å². The number of carbonyl (C=O) groups is 1. The van der Waals surface area contributed by atoms with E-state index in [2.05, 4.69) is 14.7 Å². The number of carbonyl (C=O) groups excluding carboxylic acids is 1. The first-order valence-electron chi connectivity index (χ1n) is 10.3. The number of aliphatic hydroxyl groups is 1. The Labute approximate surface area is 194 Å². The molecule has 2 heterocycles. The molecule has 0 radical (unpaired) electrons. The first-order valence-corrected chi connectivity index (χ1v) is 11.8. The largest absolute Gasteiger partial charge is 0.378 e. The lowest BCUT2D eigenvalue weighted by molar-refractivity contribution is -0.141. The second kappa shape index (κ2) is 9.69. The third-order valence-electron chi connectivity index (χ3n) is 5.41. The first kappa shape index (κ1) is 23.5.